The van der Waals surface area contributed by atoms with Crippen molar-refractivity contribution in [2.45, 2.75) is 37.8 Å². The average Bonchev–Trinajstić information content (AvgIpc) is 3.24. The standard InChI is InChI=1S/C16H26N4O4S/c1-3-20-14(5-8-17-20)25(22,23)19-10-7-16(13-19)6-4-9-18(15(16)21)11-12-24-2/h5,8H,3-4,6-7,9-13H2,1-2H3/t16-/m0/s1. The van der Waals surface area contributed by atoms with E-state index in [0.29, 0.717) is 32.7 Å². The number of rotatable bonds is 6. The lowest BCUT2D eigenvalue weighted by atomic mass is 9.78. The molecule has 2 aliphatic heterocycles. The largest absolute Gasteiger partial charge is 0.383 e. The predicted molar refractivity (Wildman–Crippen MR) is 91.4 cm³/mol. The molecule has 0 N–H and O–H groups in total. The lowest BCUT2D eigenvalue weighted by molar-refractivity contribution is -0.146. The van der Waals surface area contributed by atoms with Crippen LogP contribution < -0.4 is 0 Å². The maximum atomic E-state index is 13.0. The Morgan fingerprint density at radius 1 is 1.32 bits per heavy atom. The van der Waals surface area contributed by atoms with Gasteiger partial charge in [0.15, 0.2) is 5.03 Å². The highest BCUT2D eigenvalue weighted by Crippen LogP contribution is 2.41. The van der Waals surface area contributed by atoms with Gasteiger partial charge in [0.2, 0.25) is 5.91 Å². The summed E-state index contributed by atoms with van der Waals surface area (Å²) in [5.74, 6) is 0.0671. The number of hydrogen-bond donors (Lipinski definition) is 0. The summed E-state index contributed by atoms with van der Waals surface area (Å²) >= 11 is 0. The molecule has 0 unspecified atom stereocenters. The highest BCUT2D eigenvalue weighted by atomic mass is 32.2. The van der Waals surface area contributed by atoms with Gasteiger partial charge in [0.25, 0.3) is 10.0 Å². The molecule has 1 amide bonds. The fraction of sp³-hybridized carbons (Fsp3) is 0.750. The van der Waals surface area contributed by atoms with Crippen LogP contribution in [0.3, 0.4) is 0 Å². The second-order valence-electron chi connectivity index (χ2n) is 6.74. The molecular weight excluding hydrogens is 344 g/mol. The molecule has 140 valence electrons. The SMILES string of the molecule is CCn1nccc1S(=O)(=O)N1CC[C@@]2(CCCN(CCOC)C2=O)C1. The van der Waals surface area contributed by atoms with Crippen LogP contribution in [0.15, 0.2) is 17.3 Å². The van der Waals surface area contributed by atoms with Gasteiger partial charge in [-0.15, -0.1) is 0 Å². The average molecular weight is 370 g/mol. The summed E-state index contributed by atoms with van der Waals surface area (Å²) in [5, 5.41) is 4.26. The third kappa shape index (κ3) is 3.20. The summed E-state index contributed by atoms with van der Waals surface area (Å²) < 4.78 is 34.0. The fourth-order valence-corrected chi connectivity index (χ4v) is 5.58. The molecule has 25 heavy (non-hydrogen) atoms. The van der Waals surface area contributed by atoms with Crippen molar-refractivity contribution in [3.63, 3.8) is 0 Å². The molecule has 2 fully saturated rings. The number of ether oxygens (including phenoxy) is 1. The lowest BCUT2D eigenvalue weighted by Crippen LogP contribution is -2.51. The Labute approximate surface area is 148 Å². The Balaban J connectivity index is 1.79. The number of likely N-dealkylation sites (tertiary alicyclic amines) is 1. The molecule has 0 aromatic carbocycles. The van der Waals surface area contributed by atoms with Crippen LogP contribution in [0.4, 0.5) is 0 Å². The molecule has 3 heterocycles. The van der Waals surface area contributed by atoms with Crippen molar-refractivity contribution >= 4 is 15.9 Å². The van der Waals surface area contributed by atoms with Crippen LogP contribution in [0.25, 0.3) is 0 Å². The molecule has 9 heteroatoms. The molecule has 2 saturated heterocycles. The van der Waals surface area contributed by atoms with Gasteiger partial charge in [-0.2, -0.15) is 9.40 Å². The Kier molecular flexibility index (Phi) is 5.17. The van der Waals surface area contributed by atoms with Gasteiger partial charge in [-0.25, -0.2) is 8.42 Å². The molecule has 8 nitrogen and oxygen atoms in total. The molecule has 0 bridgehead atoms. The van der Waals surface area contributed by atoms with E-state index >= 15 is 0 Å². The summed E-state index contributed by atoms with van der Waals surface area (Å²) in [5.41, 5.74) is -0.587. The number of aromatic nitrogens is 2. The van der Waals surface area contributed by atoms with E-state index in [-0.39, 0.29) is 17.5 Å². The molecular formula is C16H26N4O4S. The Bertz CT molecular complexity index is 732. The van der Waals surface area contributed by atoms with Crippen molar-refractivity contribution in [2.24, 2.45) is 5.41 Å². The topological polar surface area (TPSA) is 84.7 Å². The third-order valence-electron chi connectivity index (χ3n) is 5.29. The van der Waals surface area contributed by atoms with Crippen LogP contribution in [-0.4, -0.2) is 73.2 Å². The molecule has 1 aromatic rings. The maximum absolute atomic E-state index is 13.0. The van der Waals surface area contributed by atoms with Crippen LogP contribution in [0.5, 0.6) is 0 Å². The quantitative estimate of drug-likeness (QED) is 0.730. The van der Waals surface area contributed by atoms with Crippen LogP contribution in [0.2, 0.25) is 0 Å². The van der Waals surface area contributed by atoms with Gasteiger partial charge in [0.1, 0.15) is 0 Å². The van der Waals surface area contributed by atoms with E-state index < -0.39 is 15.4 Å². The zero-order chi connectivity index (χ0) is 18.1. The number of methoxy groups -OCH3 is 1. The molecule has 0 saturated carbocycles. The Hall–Kier alpha value is -1.45. The predicted octanol–water partition coefficient (Wildman–Crippen LogP) is 0.553. The van der Waals surface area contributed by atoms with E-state index in [1.165, 1.54) is 21.3 Å². The normalized spacial score (nSPS) is 25.2. The van der Waals surface area contributed by atoms with Crippen molar-refractivity contribution in [2.75, 3.05) is 39.9 Å². The summed E-state index contributed by atoms with van der Waals surface area (Å²) in [6.45, 7) is 4.76. The Morgan fingerprint density at radius 2 is 2.12 bits per heavy atom. The van der Waals surface area contributed by atoms with Gasteiger partial charge in [-0.3, -0.25) is 9.48 Å². The minimum atomic E-state index is -3.63. The number of aryl methyl sites for hydroxylation is 1. The first-order valence-corrected chi connectivity index (χ1v) is 10.2. The molecule has 1 spiro atoms. The van der Waals surface area contributed by atoms with Gasteiger partial charge < -0.3 is 9.64 Å². The number of sulfonamides is 1. The number of hydrogen-bond acceptors (Lipinski definition) is 5. The second-order valence-corrected chi connectivity index (χ2v) is 8.63. The number of carbonyl (C=O) groups excluding carboxylic acids is 1. The number of piperidine rings is 1. The van der Waals surface area contributed by atoms with E-state index in [9.17, 15) is 13.2 Å². The van der Waals surface area contributed by atoms with E-state index in [1.807, 2.05) is 11.8 Å². The first-order valence-electron chi connectivity index (χ1n) is 8.75. The number of nitrogens with zero attached hydrogens (tertiary/aromatic N) is 4. The van der Waals surface area contributed by atoms with E-state index in [2.05, 4.69) is 5.10 Å². The minimum absolute atomic E-state index is 0.0671. The van der Waals surface area contributed by atoms with E-state index in [4.69, 9.17) is 4.74 Å². The fourth-order valence-electron chi connectivity index (χ4n) is 3.89. The summed E-state index contributed by atoms with van der Waals surface area (Å²) in [7, 11) is -2.02. The van der Waals surface area contributed by atoms with Crippen molar-refractivity contribution in [1.29, 1.82) is 0 Å². The second kappa shape index (κ2) is 7.05. The molecule has 0 radical (unpaired) electrons. The molecule has 0 aliphatic carbocycles. The zero-order valence-electron chi connectivity index (χ0n) is 14.8. The third-order valence-corrected chi connectivity index (χ3v) is 7.16. The van der Waals surface area contributed by atoms with Crippen molar-refractivity contribution in [1.82, 2.24) is 19.0 Å². The first-order chi connectivity index (χ1) is 11.9. The zero-order valence-corrected chi connectivity index (χ0v) is 15.7. The maximum Gasteiger partial charge on any atom is 0.260 e. The van der Waals surface area contributed by atoms with Gasteiger partial charge >= 0.3 is 0 Å². The number of amides is 1. The smallest absolute Gasteiger partial charge is 0.260 e. The first kappa shape index (κ1) is 18.3. The van der Waals surface area contributed by atoms with Crippen LogP contribution in [0.1, 0.15) is 26.2 Å². The van der Waals surface area contributed by atoms with Crippen molar-refractivity contribution in [3.05, 3.63) is 12.3 Å². The number of carbonyl (C=O) groups is 1. The minimum Gasteiger partial charge on any atom is -0.383 e. The summed E-state index contributed by atoms with van der Waals surface area (Å²) in [6, 6.07) is 1.53. The van der Waals surface area contributed by atoms with Crippen LogP contribution in [-0.2, 0) is 26.1 Å². The van der Waals surface area contributed by atoms with Gasteiger partial charge in [0.05, 0.1) is 18.2 Å². The van der Waals surface area contributed by atoms with Crippen molar-refractivity contribution in [3.8, 4) is 0 Å². The molecule has 3 rings (SSSR count). The highest BCUT2D eigenvalue weighted by molar-refractivity contribution is 7.89. The van der Waals surface area contributed by atoms with Gasteiger partial charge in [-0.1, -0.05) is 0 Å². The van der Waals surface area contributed by atoms with Crippen LogP contribution >= 0.6 is 0 Å². The molecule has 1 aromatic heterocycles. The summed E-state index contributed by atoms with van der Waals surface area (Å²) in [6.07, 6.45) is 3.72. The van der Waals surface area contributed by atoms with E-state index in [1.54, 1.807) is 7.11 Å². The van der Waals surface area contributed by atoms with Gasteiger partial charge in [0, 0.05) is 39.8 Å². The summed E-state index contributed by atoms with van der Waals surface area (Å²) in [4.78, 5) is 14.8. The highest BCUT2D eigenvalue weighted by Gasteiger charge is 2.51. The van der Waals surface area contributed by atoms with Crippen LogP contribution in [0, 0.1) is 5.41 Å². The molecule has 2 aliphatic rings. The lowest BCUT2D eigenvalue weighted by Gasteiger charge is -2.39. The monoisotopic (exact) mass is 370 g/mol. The Morgan fingerprint density at radius 3 is 2.84 bits per heavy atom. The van der Waals surface area contributed by atoms with Crippen molar-refractivity contribution < 1.29 is 17.9 Å². The van der Waals surface area contributed by atoms with E-state index in [0.717, 1.165) is 19.4 Å². The molecule has 1 atom stereocenters. The van der Waals surface area contributed by atoms with Gasteiger partial charge in [-0.05, 0) is 32.3 Å².